The Labute approximate surface area is 133 Å². The summed E-state index contributed by atoms with van der Waals surface area (Å²) in [6.07, 6.45) is 7.15. The van der Waals surface area contributed by atoms with Gasteiger partial charge in [-0.2, -0.15) is 0 Å². The predicted octanol–water partition coefficient (Wildman–Crippen LogP) is 3.72. The molecule has 0 saturated heterocycles. The molecule has 1 saturated carbocycles. The Morgan fingerprint density at radius 3 is 2.67 bits per heavy atom. The smallest absolute Gasteiger partial charge is 0.133 e. The normalized spacial score (nSPS) is 14.1. The molecule has 1 fully saturated rings. The maximum absolute atomic E-state index is 5.85. The number of ether oxygens (including phenoxy) is 1. The lowest BCUT2D eigenvalue weighted by molar-refractivity contribution is 0.320. The van der Waals surface area contributed by atoms with E-state index >= 15 is 0 Å². The van der Waals surface area contributed by atoms with Crippen LogP contribution in [0.1, 0.15) is 24.0 Å². The Hall–Kier alpha value is -1.39. The minimum atomic E-state index is 0.669. The number of benzene rings is 1. The highest BCUT2D eigenvalue weighted by Crippen LogP contribution is 2.27. The van der Waals surface area contributed by atoms with E-state index in [-0.39, 0.29) is 0 Å². The van der Waals surface area contributed by atoms with Crippen molar-refractivity contribution in [2.45, 2.75) is 31.8 Å². The van der Waals surface area contributed by atoms with Crippen molar-refractivity contribution in [1.29, 1.82) is 0 Å². The first-order valence-electron chi connectivity index (χ1n) is 7.35. The highest BCUT2D eigenvalue weighted by atomic mass is 79.9. The summed E-state index contributed by atoms with van der Waals surface area (Å²) in [6, 6.07) is 11.1. The van der Waals surface area contributed by atoms with Crippen LogP contribution in [-0.4, -0.2) is 17.6 Å². The number of aromatic nitrogens is 1. The Morgan fingerprint density at radius 2 is 1.95 bits per heavy atom. The van der Waals surface area contributed by atoms with Gasteiger partial charge in [0.25, 0.3) is 0 Å². The van der Waals surface area contributed by atoms with Crippen LogP contribution in [0.25, 0.3) is 0 Å². The van der Waals surface area contributed by atoms with Crippen LogP contribution in [0.5, 0.6) is 5.75 Å². The van der Waals surface area contributed by atoms with Gasteiger partial charge in [0, 0.05) is 31.4 Å². The molecule has 0 spiro atoms. The maximum Gasteiger partial charge on any atom is 0.133 e. The molecule has 1 aliphatic carbocycles. The third kappa shape index (κ3) is 4.55. The van der Waals surface area contributed by atoms with E-state index in [4.69, 9.17) is 4.74 Å². The van der Waals surface area contributed by atoms with Crippen LogP contribution in [0, 0.1) is 0 Å². The molecule has 1 aliphatic rings. The second-order valence-corrected chi connectivity index (χ2v) is 6.23. The summed E-state index contributed by atoms with van der Waals surface area (Å²) in [7, 11) is 0. The summed E-state index contributed by atoms with van der Waals surface area (Å²) < 4.78 is 6.87. The van der Waals surface area contributed by atoms with Crippen LogP contribution in [0.3, 0.4) is 0 Å². The molecule has 3 rings (SSSR count). The molecular formula is C17H19BrN2O. The molecule has 4 heteroatoms. The largest absolute Gasteiger partial charge is 0.492 e. The quantitative estimate of drug-likeness (QED) is 0.829. The summed E-state index contributed by atoms with van der Waals surface area (Å²) in [5, 5.41) is 3.52. The summed E-state index contributed by atoms with van der Waals surface area (Å²) in [5.74, 6) is 0.902. The lowest BCUT2D eigenvalue weighted by Gasteiger charge is -2.10. The van der Waals surface area contributed by atoms with Crippen LogP contribution in [0.15, 0.2) is 47.2 Å². The Kier molecular flexibility index (Phi) is 4.88. The Morgan fingerprint density at radius 1 is 1.14 bits per heavy atom. The van der Waals surface area contributed by atoms with Gasteiger partial charge >= 0.3 is 0 Å². The van der Waals surface area contributed by atoms with Gasteiger partial charge in [0.2, 0.25) is 0 Å². The second kappa shape index (κ2) is 7.05. The van der Waals surface area contributed by atoms with Crippen LogP contribution < -0.4 is 10.1 Å². The average Bonchev–Trinajstić information content (AvgIpc) is 3.32. The van der Waals surface area contributed by atoms with Gasteiger partial charge in [-0.1, -0.05) is 6.07 Å². The zero-order valence-corrected chi connectivity index (χ0v) is 13.5. The van der Waals surface area contributed by atoms with Crippen molar-refractivity contribution in [1.82, 2.24) is 10.3 Å². The summed E-state index contributed by atoms with van der Waals surface area (Å²) in [5.41, 5.74) is 2.53. The molecule has 0 aliphatic heterocycles. The zero-order valence-electron chi connectivity index (χ0n) is 11.9. The minimum Gasteiger partial charge on any atom is -0.492 e. The number of hydrogen-bond donors (Lipinski definition) is 1. The third-order valence-electron chi connectivity index (χ3n) is 3.57. The third-order valence-corrected chi connectivity index (χ3v) is 4.19. The van der Waals surface area contributed by atoms with Crippen molar-refractivity contribution in [2.75, 3.05) is 6.61 Å². The molecule has 0 bridgehead atoms. The van der Waals surface area contributed by atoms with Gasteiger partial charge in [0.05, 0.1) is 11.1 Å². The fourth-order valence-electron chi connectivity index (χ4n) is 2.15. The van der Waals surface area contributed by atoms with E-state index in [1.54, 1.807) is 0 Å². The van der Waals surface area contributed by atoms with Crippen molar-refractivity contribution >= 4 is 15.9 Å². The van der Waals surface area contributed by atoms with Gasteiger partial charge in [-0.15, -0.1) is 0 Å². The Balaban J connectivity index is 1.50. The van der Waals surface area contributed by atoms with Crippen molar-refractivity contribution in [3.05, 3.63) is 58.3 Å². The minimum absolute atomic E-state index is 0.669. The van der Waals surface area contributed by atoms with Gasteiger partial charge < -0.3 is 10.1 Å². The SMILES string of the molecule is Brc1cc(CNC2CC2)ccc1OCCc1ccncc1. The predicted molar refractivity (Wildman–Crippen MR) is 87.4 cm³/mol. The van der Waals surface area contributed by atoms with Gasteiger partial charge in [-0.05, 0) is 64.2 Å². The van der Waals surface area contributed by atoms with Crippen LogP contribution >= 0.6 is 15.9 Å². The van der Waals surface area contributed by atoms with E-state index < -0.39 is 0 Å². The summed E-state index contributed by atoms with van der Waals surface area (Å²) in [6.45, 7) is 1.60. The molecule has 2 aromatic rings. The maximum atomic E-state index is 5.85. The Bertz CT molecular complexity index is 585. The van der Waals surface area contributed by atoms with E-state index in [2.05, 4.69) is 38.4 Å². The van der Waals surface area contributed by atoms with Crippen molar-refractivity contribution < 1.29 is 4.74 Å². The van der Waals surface area contributed by atoms with Crippen molar-refractivity contribution in [3.63, 3.8) is 0 Å². The van der Waals surface area contributed by atoms with Crippen molar-refractivity contribution in [2.24, 2.45) is 0 Å². The van der Waals surface area contributed by atoms with E-state index in [0.717, 1.165) is 29.2 Å². The van der Waals surface area contributed by atoms with Crippen molar-refractivity contribution in [3.8, 4) is 5.75 Å². The molecule has 0 amide bonds. The number of rotatable bonds is 7. The molecule has 21 heavy (non-hydrogen) atoms. The standard InChI is InChI=1S/C17H19BrN2O/c18-16-11-14(12-20-15-2-3-15)1-4-17(16)21-10-7-13-5-8-19-9-6-13/h1,4-6,8-9,11,15,20H,2-3,7,10,12H2. The fourth-order valence-corrected chi connectivity index (χ4v) is 2.69. The molecule has 1 heterocycles. The van der Waals surface area contributed by atoms with Crippen LogP contribution in [0.2, 0.25) is 0 Å². The van der Waals surface area contributed by atoms with Gasteiger partial charge in [-0.3, -0.25) is 4.98 Å². The molecule has 110 valence electrons. The molecule has 3 nitrogen and oxygen atoms in total. The van der Waals surface area contributed by atoms with E-state index in [1.165, 1.54) is 24.0 Å². The fraction of sp³-hybridized carbons (Fsp3) is 0.353. The molecule has 0 unspecified atom stereocenters. The zero-order chi connectivity index (χ0) is 14.5. The number of pyridine rings is 1. The number of nitrogens with zero attached hydrogens (tertiary/aromatic N) is 1. The monoisotopic (exact) mass is 346 g/mol. The number of halogens is 1. The first-order chi connectivity index (χ1) is 10.3. The van der Waals surface area contributed by atoms with Crippen LogP contribution in [-0.2, 0) is 13.0 Å². The highest BCUT2D eigenvalue weighted by Gasteiger charge is 2.19. The van der Waals surface area contributed by atoms with E-state index in [1.807, 2.05) is 30.6 Å². The van der Waals surface area contributed by atoms with Gasteiger partial charge in [0.15, 0.2) is 0 Å². The van der Waals surface area contributed by atoms with E-state index in [9.17, 15) is 0 Å². The lowest BCUT2D eigenvalue weighted by atomic mass is 10.2. The molecule has 0 atom stereocenters. The van der Waals surface area contributed by atoms with Gasteiger partial charge in [-0.25, -0.2) is 0 Å². The molecule has 1 aromatic heterocycles. The lowest BCUT2D eigenvalue weighted by Crippen LogP contribution is -2.15. The van der Waals surface area contributed by atoms with Crippen LogP contribution in [0.4, 0.5) is 0 Å². The van der Waals surface area contributed by atoms with Gasteiger partial charge in [0.1, 0.15) is 5.75 Å². The molecule has 1 aromatic carbocycles. The first-order valence-corrected chi connectivity index (χ1v) is 8.14. The molecular weight excluding hydrogens is 328 g/mol. The summed E-state index contributed by atoms with van der Waals surface area (Å²) in [4.78, 5) is 4.02. The molecule has 1 N–H and O–H groups in total. The summed E-state index contributed by atoms with van der Waals surface area (Å²) >= 11 is 3.59. The number of hydrogen-bond acceptors (Lipinski definition) is 3. The highest BCUT2D eigenvalue weighted by molar-refractivity contribution is 9.10. The topological polar surface area (TPSA) is 34.1 Å². The second-order valence-electron chi connectivity index (χ2n) is 5.37. The molecule has 0 radical (unpaired) electrons. The van der Waals surface area contributed by atoms with E-state index in [0.29, 0.717) is 6.61 Å². The average molecular weight is 347 g/mol. The number of nitrogens with one attached hydrogen (secondary N) is 1. The first kappa shape index (κ1) is 14.5.